The minimum Gasteiger partial charge on any atom is -0.341 e. The van der Waals surface area contributed by atoms with E-state index in [1.54, 1.807) is 18.6 Å². The van der Waals surface area contributed by atoms with Crippen LogP contribution < -0.4 is 10.6 Å². The smallest absolute Gasteiger partial charge is 0.309 e. The number of nitrogens with zero attached hydrogens (tertiary/aromatic N) is 3. The number of rotatable bonds is 4. The third kappa shape index (κ3) is 4.16. The second kappa shape index (κ2) is 8.22. The van der Waals surface area contributed by atoms with E-state index in [1.807, 2.05) is 31.2 Å². The Bertz CT molecular complexity index is 1000. The molecule has 2 aromatic heterocycles. The van der Waals surface area contributed by atoms with Gasteiger partial charge in [0.05, 0.1) is 24.0 Å². The van der Waals surface area contributed by atoms with E-state index in [9.17, 15) is 9.59 Å². The van der Waals surface area contributed by atoms with E-state index < -0.39 is 11.8 Å². The van der Waals surface area contributed by atoms with E-state index in [2.05, 4.69) is 30.8 Å². The molecule has 0 bridgehead atoms. The molecule has 1 aliphatic carbocycles. The maximum Gasteiger partial charge on any atom is 0.309 e. The van der Waals surface area contributed by atoms with Crippen molar-refractivity contribution in [3.05, 3.63) is 66.0 Å². The molecule has 0 aliphatic heterocycles. The van der Waals surface area contributed by atoms with Crippen molar-refractivity contribution in [1.29, 1.82) is 0 Å². The lowest BCUT2D eigenvalue weighted by Gasteiger charge is -2.23. The van der Waals surface area contributed by atoms with Crippen LogP contribution in [0.5, 0.6) is 0 Å². The second-order valence-corrected chi connectivity index (χ2v) is 7.17. The Morgan fingerprint density at radius 2 is 1.83 bits per heavy atom. The summed E-state index contributed by atoms with van der Waals surface area (Å²) in [5, 5.41) is 12.5. The number of H-pyrrole nitrogens is 1. The number of hydrogen-bond acceptors (Lipinski definition) is 5. The van der Waals surface area contributed by atoms with Crippen LogP contribution in [0.15, 0.2) is 49.2 Å². The van der Waals surface area contributed by atoms with Crippen LogP contribution in [0.3, 0.4) is 0 Å². The van der Waals surface area contributed by atoms with E-state index in [-0.39, 0.29) is 12.1 Å². The summed E-state index contributed by atoms with van der Waals surface area (Å²) < 4.78 is 0. The van der Waals surface area contributed by atoms with Crippen LogP contribution in [0.25, 0.3) is 11.1 Å². The van der Waals surface area contributed by atoms with Crippen molar-refractivity contribution in [2.45, 2.75) is 38.3 Å². The quantitative estimate of drug-likeness (QED) is 0.592. The first kappa shape index (κ1) is 18.8. The predicted octanol–water partition coefficient (Wildman–Crippen LogP) is 2.24. The molecule has 0 saturated carbocycles. The monoisotopic (exact) mass is 390 g/mol. The van der Waals surface area contributed by atoms with Gasteiger partial charge in [-0.15, -0.1) is 0 Å². The van der Waals surface area contributed by atoms with Crippen molar-refractivity contribution in [3.8, 4) is 11.1 Å². The first-order chi connectivity index (χ1) is 14.1. The number of carbonyl (C=O) groups is 2. The van der Waals surface area contributed by atoms with Gasteiger partial charge in [-0.2, -0.15) is 5.10 Å². The molecule has 148 valence electrons. The number of benzene rings is 1. The molecule has 1 aliphatic rings. The average Bonchev–Trinajstić information content (AvgIpc) is 3.24. The Morgan fingerprint density at radius 1 is 1.07 bits per heavy atom. The fourth-order valence-electron chi connectivity index (χ4n) is 3.59. The average molecular weight is 390 g/mol. The van der Waals surface area contributed by atoms with Gasteiger partial charge in [0, 0.05) is 18.0 Å². The van der Waals surface area contributed by atoms with Crippen LogP contribution in [0, 0.1) is 0 Å². The molecule has 2 heterocycles. The van der Waals surface area contributed by atoms with Crippen LogP contribution in [0.4, 0.5) is 0 Å². The van der Waals surface area contributed by atoms with Gasteiger partial charge in [-0.1, -0.05) is 24.3 Å². The van der Waals surface area contributed by atoms with Gasteiger partial charge in [0.1, 0.15) is 6.33 Å². The third-order valence-electron chi connectivity index (χ3n) is 5.20. The zero-order chi connectivity index (χ0) is 20.2. The largest absolute Gasteiger partial charge is 0.341 e. The Balaban J connectivity index is 1.36. The Hall–Kier alpha value is -3.55. The van der Waals surface area contributed by atoms with Gasteiger partial charge in [-0.25, -0.2) is 9.97 Å². The molecule has 29 heavy (non-hydrogen) atoms. The van der Waals surface area contributed by atoms with E-state index >= 15 is 0 Å². The Labute approximate surface area is 168 Å². The topological polar surface area (TPSA) is 113 Å². The van der Waals surface area contributed by atoms with Gasteiger partial charge in [0.25, 0.3) is 0 Å². The molecule has 8 heteroatoms. The zero-order valence-electron chi connectivity index (χ0n) is 16.1. The molecule has 8 nitrogen and oxygen atoms in total. The molecule has 2 atom stereocenters. The number of aryl methyl sites for hydroxylation is 1. The maximum atomic E-state index is 12.4. The summed E-state index contributed by atoms with van der Waals surface area (Å²) in [5.74, 6) is -1.29. The van der Waals surface area contributed by atoms with Gasteiger partial charge in [-0.3, -0.25) is 14.7 Å². The van der Waals surface area contributed by atoms with E-state index in [1.165, 1.54) is 6.33 Å². The molecular formula is C21H22N6O2. The van der Waals surface area contributed by atoms with E-state index in [0.717, 1.165) is 47.2 Å². The fraction of sp³-hybridized carbons (Fsp3) is 0.286. The molecule has 0 fully saturated rings. The summed E-state index contributed by atoms with van der Waals surface area (Å²) in [6.45, 7) is 1.85. The lowest BCUT2D eigenvalue weighted by atomic mass is 9.94. The molecule has 0 saturated heterocycles. The number of amides is 2. The van der Waals surface area contributed by atoms with Crippen molar-refractivity contribution in [1.82, 2.24) is 30.8 Å². The molecule has 3 aromatic rings. The van der Waals surface area contributed by atoms with E-state index in [4.69, 9.17) is 0 Å². The van der Waals surface area contributed by atoms with Gasteiger partial charge >= 0.3 is 11.8 Å². The van der Waals surface area contributed by atoms with Crippen molar-refractivity contribution >= 4 is 11.8 Å². The summed E-state index contributed by atoms with van der Waals surface area (Å²) in [6.07, 6.45) is 9.43. The van der Waals surface area contributed by atoms with E-state index in [0.29, 0.717) is 0 Å². The summed E-state index contributed by atoms with van der Waals surface area (Å²) in [5.41, 5.74) is 4.80. The summed E-state index contributed by atoms with van der Waals surface area (Å²) >= 11 is 0. The molecular weight excluding hydrogens is 368 g/mol. The third-order valence-corrected chi connectivity index (χ3v) is 5.20. The van der Waals surface area contributed by atoms with Gasteiger partial charge in [0.2, 0.25) is 0 Å². The molecule has 2 amide bonds. The van der Waals surface area contributed by atoms with Gasteiger partial charge < -0.3 is 10.6 Å². The summed E-state index contributed by atoms with van der Waals surface area (Å²) in [6, 6.07) is 7.22. The highest BCUT2D eigenvalue weighted by molar-refractivity contribution is 6.35. The fourth-order valence-corrected chi connectivity index (χ4v) is 3.59. The van der Waals surface area contributed by atoms with Crippen molar-refractivity contribution in [3.63, 3.8) is 0 Å². The van der Waals surface area contributed by atoms with Crippen molar-refractivity contribution in [2.24, 2.45) is 0 Å². The molecule has 3 N–H and O–H groups in total. The zero-order valence-corrected chi connectivity index (χ0v) is 16.1. The highest BCUT2D eigenvalue weighted by Gasteiger charge is 2.26. The first-order valence-corrected chi connectivity index (χ1v) is 9.60. The molecule has 0 spiro atoms. The Morgan fingerprint density at radius 3 is 2.59 bits per heavy atom. The van der Waals surface area contributed by atoms with Crippen LogP contribution in [-0.2, 0) is 16.0 Å². The predicted molar refractivity (Wildman–Crippen MR) is 106 cm³/mol. The lowest BCUT2D eigenvalue weighted by molar-refractivity contribution is -0.140. The SMILES string of the molecule is CC(NC(=O)C(=O)NC1CCCc2cn[nH]c21)c1ccc(-c2cncnc2)cc1. The highest BCUT2D eigenvalue weighted by atomic mass is 16.2. The minimum atomic E-state index is -0.648. The van der Waals surface area contributed by atoms with Crippen molar-refractivity contribution in [2.75, 3.05) is 0 Å². The maximum absolute atomic E-state index is 12.4. The number of aromatic nitrogens is 4. The molecule has 4 rings (SSSR count). The van der Waals surface area contributed by atoms with Crippen molar-refractivity contribution < 1.29 is 9.59 Å². The number of aromatic amines is 1. The minimum absolute atomic E-state index is 0.206. The second-order valence-electron chi connectivity index (χ2n) is 7.17. The number of hydrogen-bond donors (Lipinski definition) is 3. The van der Waals surface area contributed by atoms with Gasteiger partial charge in [-0.05, 0) is 42.9 Å². The molecule has 1 aromatic carbocycles. The lowest BCUT2D eigenvalue weighted by Crippen LogP contribution is -2.43. The van der Waals surface area contributed by atoms with Crippen LogP contribution in [0.2, 0.25) is 0 Å². The standard InChI is InChI=1S/C21H22N6O2/c1-13(14-5-7-15(8-6-14)17-9-22-12-23-10-17)25-20(28)21(29)26-18-4-2-3-16-11-24-27-19(16)18/h5-13,18H,2-4H2,1H3,(H,24,27)(H,25,28)(H,26,29). The normalized spacial score (nSPS) is 16.5. The summed E-state index contributed by atoms with van der Waals surface area (Å²) in [7, 11) is 0. The summed E-state index contributed by atoms with van der Waals surface area (Å²) in [4.78, 5) is 32.8. The van der Waals surface area contributed by atoms with Crippen LogP contribution >= 0.6 is 0 Å². The van der Waals surface area contributed by atoms with Crippen LogP contribution in [0.1, 0.15) is 48.7 Å². The highest BCUT2D eigenvalue weighted by Crippen LogP contribution is 2.27. The van der Waals surface area contributed by atoms with Crippen LogP contribution in [-0.4, -0.2) is 32.0 Å². The first-order valence-electron chi connectivity index (χ1n) is 9.60. The Kier molecular flexibility index (Phi) is 5.33. The van der Waals surface area contributed by atoms with Gasteiger partial charge in [0.15, 0.2) is 0 Å². The molecule has 2 unspecified atom stereocenters. The molecule has 0 radical (unpaired) electrons. The number of nitrogens with one attached hydrogen (secondary N) is 3. The number of carbonyl (C=O) groups excluding carboxylic acids is 2. The number of fused-ring (bicyclic) bond motifs is 1.